The standard InChI is InChI=1S/C13H13BFN3O/c1-8-3-4-9(15)5-10(8)11-6-12(19)18(2)13(17-11)14-7-16/h3-5,11,17H,6H2,1-2H3/t11-/m0/s1. The molecule has 1 aromatic carbocycles. The molecule has 1 saturated heterocycles. The summed E-state index contributed by atoms with van der Waals surface area (Å²) in [5, 5.41) is 11.8. The van der Waals surface area contributed by atoms with Gasteiger partial charge in [0.05, 0.1) is 0 Å². The fraction of sp³-hybridized carbons (Fsp3) is 0.308. The van der Waals surface area contributed by atoms with E-state index in [9.17, 15) is 9.18 Å². The van der Waals surface area contributed by atoms with Gasteiger partial charge >= 0.3 is 111 Å². The van der Waals surface area contributed by atoms with Gasteiger partial charge in [0.1, 0.15) is 0 Å². The molecule has 2 rings (SSSR count). The van der Waals surface area contributed by atoms with Crippen LogP contribution in [0.5, 0.6) is 0 Å². The summed E-state index contributed by atoms with van der Waals surface area (Å²) in [6.07, 6.45) is 0.240. The minimum atomic E-state index is -0.334. The number of nitrogens with zero attached hydrogens (tertiary/aromatic N) is 2. The Morgan fingerprint density at radius 3 is 3.00 bits per heavy atom. The van der Waals surface area contributed by atoms with E-state index < -0.39 is 0 Å². The van der Waals surface area contributed by atoms with Crippen molar-refractivity contribution in [1.82, 2.24) is 10.2 Å². The molecule has 96 valence electrons. The van der Waals surface area contributed by atoms with Crippen molar-refractivity contribution >= 4 is 18.5 Å². The van der Waals surface area contributed by atoms with Gasteiger partial charge in [-0.15, -0.1) is 0 Å². The minimum absolute atomic E-state index is 0.103. The number of rotatable bonds is 1. The molecular weight excluding hydrogens is 244 g/mol. The number of hydrogen-bond acceptors (Lipinski definition) is 3. The monoisotopic (exact) mass is 257 g/mol. The first-order chi connectivity index (χ1) is 9.02. The van der Waals surface area contributed by atoms with Crippen molar-refractivity contribution in [3.8, 4) is 5.97 Å². The maximum absolute atomic E-state index is 13.3. The molecule has 1 heterocycles. The van der Waals surface area contributed by atoms with Gasteiger partial charge in [-0.2, -0.15) is 0 Å². The van der Waals surface area contributed by atoms with Crippen LogP contribution in [0.1, 0.15) is 23.6 Å². The molecule has 1 amide bonds. The van der Waals surface area contributed by atoms with E-state index >= 15 is 0 Å². The summed E-state index contributed by atoms with van der Waals surface area (Å²) in [4.78, 5) is 13.3. The van der Waals surface area contributed by atoms with Crippen molar-refractivity contribution in [2.24, 2.45) is 0 Å². The molecule has 0 unspecified atom stereocenters. The van der Waals surface area contributed by atoms with E-state index in [0.717, 1.165) is 11.1 Å². The van der Waals surface area contributed by atoms with E-state index in [1.165, 1.54) is 24.0 Å². The Morgan fingerprint density at radius 2 is 2.32 bits per heavy atom. The van der Waals surface area contributed by atoms with Crippen molar-refractivity contribution < 1.29 is 9.18 Å². The normalized spacial score (nSPS) is 20.7. The molecule has 1 aliphatic rings. The van der Waals surface area contributed by atoms with Crippen LogP contribution >= 0.6 is 0 Å². The van der Waals surface area contributed by atoms with Gasteiger partial charge in [0.15, 0.2) is 0 Å². The van der Waals surface area contributed by atoms with Crippen LogP contribution in [-0.4, -0.2) is 30.5 Å². The van der Waals surface area contributed by atoms with E-state index in [4.69, 9.17) is 5.26 Å². The van der Waals surface area contributed by atoms with Crippen molar-refractivity contribution in [2.45, 2.75) is 19.4 Å². The summed E-state index contributed by atoms with van der Waals surface area (Å²) < 4.78 is 13.3. The molecule has 19 heavy (non-hydrogen) atoms. The first-order valence-electron chi connectivity index (χ1n) is 5.92. The number of carbonyl (C=O) groups is 1. The van der Waals surface area contributed by atoms with Gasteiger partial charge in [-0.3, -0.25) is 0 Å². The van der Waals surface area contributed by atoms with Crippen LogP contribution in [-0.2, 0) is 4.79 Å². The van der Waals surface area contributed by atoms with Crippen LogP contribution in [0.25, 0.3) is 0 Å². The Labute approximate surface area is 111 Å². The quantitative estimate of drug-likeness (QED) is 0.760. The Kier molecular flexibility index (Phi) is 3.65. The van der Waals surface area contributed by atoms with Gasteiger partial charge in [-0.05, 0) is 0 Å². The fourth-order valence-corrected chi connectivity index (χ4v) is 2.15. The topological polar surface area (TPSA) is 56.1 Å². The predicted molar refractivity (Wildman–Crippen MR) is 70.8 cm³/mol. The molecule has 1 atom stereocenters. The molecule has 1 fully saturated rings. The summed E-state index contributed by atoms with van der Waals surface area (Å²) >= 11 is 0. The molecule has 0 saturated carbocycles. The van der Waals surface area contributed by atoms with Crippen molar-refractivity contribution in [3.63, 3.8) is 0 Å². The third-order valence-corrected chi connectivity index (χ3v) is 3.25. The van der Waals surface area contributed by atoms with Gasteiger partial charge < -0.3 is 0 Å². The average Bonchev–Trinajstić information content (AvgIpc) is 2.38. The molecular formula is C13H13BFN3O. The molecule has 1 aromatic rings. The molecule has 6 heteroatoms. The Morgan fingerprint density at radius 1 is 1.58 bits per heavy atom. The van der Waals surface area contributed by atoms with Gasteiger partial charge in [0.2, 0.25) is 0 Å². The van der Waals surface area contributed by atoms with Crippen molar-refractivity contribution in [1.29, 1.82) is 5.26 Å². The second-order valence-corrected chi connectivity index (χ2v) is 4.51. The molecule has 0 aliphatic carbocycles. The molecule has 0 spiro atoms. The zero-order chi connectivity index (χ0) is 14.0. The first-order valence-corrected chi connectivity index (χ1v) is 5.92. The molecule has 0 bridgehead atoms. The van der Waals surface area contributed by atoms with E-state index in [1.54, 1.807) is 13.1 Å². The van der Waals surface area contributed by atoms with E-state index in [1.807, 2.05) is 12.9 Å². The van der Waals surface area contributed by atoms with Crippen molar-refractivity contribution in [3.05, 3.63) is 35.1 Å². The number of nitriles is 1. The third-order valence-electron chi connectivity index (χ3n) is 3.25. The summed E-state index contributed by atoms with van der Waals surface area (Å²) in [6.45, 7) is 3.14. The predicted octanol–water partition coefficient (Wildman–Crippen LogP) is 0.900. The van der Waals surface area contributed by atoms with Crippen molar-refractivity contribution in [2.75, 3.05) is 7.05 Å². The SMILES string of the molecule is Cc1ccc(F)cc1[C@@H]1CC(=O)N(C)C(=BC#N)N1. The summed E-state index contributed by atoms with van der Waals surface area (Å²) in [5.41, 5.74) is 2.09. The van der Waals surface area contributed by atoms with Gasteiger partial charge in [0, 0.05) is 0 Å². The van der Waals surface area contributed by atoms with Gasteiger partial charge in [-0.25, -0.2) is 0 Å². The number of benzene rings is 1. The molecule has 0 aromatic heterocycles. The molecule has 4 nitrogen and oxygen atoms in total. The summed E-state index contributed by atoms with van der Waals surface area (Å²) in [6, 6.07) is 4.19. The summed E-state index contributed by atoms with van der Waals surface area (Å²) in [5.74, 6) is 1.46. The van der Waals surface area contributed by atoms with Crippen LogP contribution < -0.4 is 5.32 Å². The Balaban J connectivity index is 2.36. The number of nitrogens with one attached hydrogen (secondary N) is 1. The fourth-order valence-electron chi connectivity index (χ4n) is 2.15. The van der Waals surface area contributed by atoms with E-state index in [-0.39, 0.29) is 24.2 Å². The van der Waals surface area contributed by atoms with Crippen LogP contribution in [0.4, 0.5) is 4.39 Å². The molecule has 0 radical (unpaired) electrons. The number of carbonyl (C=O) groups excluding carboxylic acids is 1. The van der Waals surface area contributed by atoms with Crippen LogP contribution in [0.15, 0.2) is 18.2 Å². The van der Waals surface area contributed by atoms with Crippen LogP contribution in [0.2, 0.25) is 0 Å². The average molecular weight is 257 g/mol. The third kappa shape index (κ3) is 2.65. The van der Waals surface area contributed by atoms with E-state index in [2.05, 4.69) is 5.32 Å². The summed E-state index contributed by atoms with van der Waals surface area (Å²) in [7, 11) is 1.60. The van der Waals surface area contributed by atoms with Crippen LogP contribution in [0.3, 0.4) is 0 Å². The first kappa shape index (κ1) is 13.3. The molecule has 1 aliphatic heterocycles. The number of amides is 1. The maximum atomic E-state index is 13.3. The number of halogens is 1. The van der Waals surface area contributed by atoms with Gasteiger partial charge in [-0.1, -0.05) is 0 Å². The number of aryl methyl sites for hydroxylation is 1. The second-order valence-electron chi connectivity index (χ2n) is 4.51. The Bertz CT molecular complexity index is 594. The Hall–Kier alpha value is -2.16. The zero-order valence-corrected chi connectivity index (χ0v) is 10.8. The molecule has 1 N–H and O–H groups in total. The van der Waals surface area contributed by atoms with Crippen LogP contribution in [0, 0.1) is 24.0 Å². The second kappa shape index (κ2) is 5.23. The zero-order valence-electron chi connectivity index (χ0n) is 10.8. The van der Waals surface area contributed by atoms with E-state index in [0.29, 0.717) is 5.71 Å². The van der Waals surface area contributed by atoms with Gasteiger partial charge in [0.25, 0.3) is 0 Å². The number of hydrogen-bond donors (Lipinski definition) is 1.